The van der Waals surface area contributed by atoms with Crippen molar-refractivity contribution >= 4 is 17.4 Å². The lowest BCUT2D eigenvalue weighted by molar-refractivity contribution is 0.410. The lowest BCUT2D eigenvalue weighted by Gasteiger charge is -2.11. The third kappa shape index (κ3) is 4.09. The molecule has 0 saturated carbocycles. The summed E-state index contributed by atoms with van der Waals surface area (Å²) in [4.78, 5) is 8.73. The van der Waals surface area contributed by atoms with Gasteiger partial charge >= 0.3 is 0 Å². The van der Waals surface area contributed by atoms with Crippen LogP contribution in [-0.2, 0) is 6.54 Å². The molecule has 0 aliphatic carbocycles. The van der Waals surface area contributed by atoms with E-state index >= 15 is 0 Å². The van der Waals surface area contributed by atoms with Crippen molar-refractivity contribution in [1.82, 2.24) is 15.1 Å². The van der Waals surface area contributed by atoms with Crippen molar-refractivity contribution in [3.63, 3.8) is 0 Å². The number of hydrogen-bond acceptors (Lipinski definition) is 6. The van der Waals surface area contributed by atoms with Crippen LogP contribution >= 0.6 is 11.6 Å². The number of anilines is 1. The number of ether oxygens (including phenoxy) is 1. The van der Waals surface area contributed by atoms with Crippen LogP contribution in [0.2, 0.25) is 5.02 Å². The highest BCUT2D eigenvalue weighted by molar-refractivity contribution is 6.30. The molecular formula is C18H19ClN4O2. The smallest absolute Gasteiger partial charge is 0.258 e. The molecule has 0 atom stereocenters. The predicted molar refractivity (Wildman–Crippen MR) is 96.9 cm³/mol. The highest BCUT2D eigenvalue weighted by Crippen LogP contribution is 2.25. The van der Waals surface area contributed by atoms with Crippen LogP contribution in [0.25, 0.3) is 11.5 Å². The van der Waals surface area contributed by atoms with Crippen LogP contribution in [0.1, 0.15) is 31.2 Å². The standard InChI is InChI=1S/C18H19ClN4O2/c1-11(2)17-22-18(25-23-17)12-6-7-20-16(9-12)21-10-13-8-14(19)4-5-15(13)24-3/h4-9,11H,10H2,1-3H3,(H,20,21). The molecule has 0 amide bonds. The summed E-state index contributed by atoms with van der Waals surface area (Å²) in [6, 6.07) is 9.21. The lowest BCUT2D eigenvalue weighted by atomic mass is 10.2. The van der Waals surface area contributed by atoms with Gasteiger partial charge in [-0.25, -0.2) is 4.98 Å². The Balaban J connectivity index is 1.77. The Morgan fingerprint density at radius 1 is 1.24 bits per heavy atom. The summed E-state index contributed by atoms with van der Waals surface area (Å²) in [7, 11) is 1.63. The topological polar surface area (TPSA) is 73.1 Å². The Morgan fingerprint density at radius 3 is 2.80 bits per heavy atom. The zero-order valence-corrected chi connectivity index (χ0v) is 15.0. The highest BCUT2D eigenvalue weighted by Gasteiger charge is 2.12. The van der Waals surface area contributed by atoms with Gasteiger partial charge in [0.25, 0.3) is 5.89 Å². The molecule has 1 N–H and O–H groups in total. The minimum atomic E-state index is 0.215. The fourth-order valence-corrected chi connectivity index (χ4v) is 2.51. The molecule has 3 aromatic rings. The Bertz CT molecular complexity index is 864. The molecule has 0 radical (unpaired) electrons. The Hall–Kier alpha value is -2.60. The average molecular weight is 359 g/mol. The van der Waals surface area contributed by atoms with Crippen molar-refractivity contribution in [1.29, 1.82) is 0 Å². The number of halogens is 1. The highest BCUT2D eigenvalue weighted by atomic mass is 35.5. The van der Waals surface area contributed by atoms with E-state index in [9.17, 15) is 0 Å². The number of nitrogens with zero attached hydrogens (tertiary/aromatic N) is 3. The zero-order valence-electron chi connectivity index (χ0n) is 14.3. The summed E-state index contributed by atoms with van der Waals surface area (Å²) in [5.41, 5.74) is 1.76. The van der Waals surface area contributed by atoms with E-state index in [1.165, 1.54) is 0 Å². The molecule has 0 saturated heterocycles. The molecule has 0 spiro atoms. The van der Waals surface area contributed by atoms with Gasteiger partial charge in [0.05, 0.1) is 7.11 Å². The van der Waals surface area contributed by atoms with Crippen LogP contribution < -0.4 is 10.1 Å². The van der Waals surface area contributed by atoms with Crippen LogP contribution in [0.15, 0.2) is 41.1 Å². The van der Waals surface area contributed by atoms with Gasteiger partial charge < -0.3 is 14.6 Å². The normalized spacial score (nSPS) is 10.9. The molecule has 1 aromatic carbocycles. The monoisotopic (exact) mass is 358 g/mol. The summed E-state index contributed by atoms with van der Waals surface area (Å²) < 4.78 is 10.7. The van der Waals surface area contributed by atoms with Gasteiger partial charge in [0.15, 0.2) is 5.82 Å². The fourth-order valence-electron chi connectivity index (χ4n) is 2.32. The molecular weight excluding hydrogens is 340 g/mol. The molecule has 0 unspecified atom stereocenters. The number of benzene rings is 1. The Kier molecular flexibility index (Phi) is 5.19. The fraction of sp³-hybridized carbons (Fsp3) is 0.278. The summed E-state index contributed by atoms with van der Waals surface area (Å²) in [6.07, 6.45) is 1.70. The van der Waals surface area contributed by atoms with Gasteiger partial charge in [-0.15, -0.1) is 0 Å². The van der Waals surface area contributed by atoms with Gasteiger partial charge in [-0.05, 0) is 30.3 Å². The molecule has 0 aliphatic heterocycles. The molecule has 0 fully saturated rings. The molecule has 7 heteroatoms. The van der Waals surface area contributed by atoms with Crippen LogP contribution in [0.5, 0.6) is 5.75 Å². The van der Waals surface area contributed by atoms with E-state index < -0.39 is 0 Å². The van der Waals surface area contributed by atoms with Crippen molar-refractivity contribution in [2.24, 2.45) is 0 Å². The minimum Gasteiger partial charge on any atom is -0.496 e. The van der Waals surface area contributed by atoms with Gasteiger partial charge in [0, 0.05) is 34.8 Å². The summed E-state index contributed by atoms with van der Waals surface area (Å²) in [5, 5.41) is 7.91. The second-order valence-electron chi connectivity index (χ2n) is 5.85. The quantitative estimate of drug-likeness (QED) is 0.697. The predicted octanol–water partition coefficient (Wildman–Crippen LogP) is 4.53. The first-order valence-corrected chi connectivity index (χ1v) is 8.31. The second-order valence-corrected chi connectivity index (χ2v) is 6.29. The SMILES string of the molecule is COc1ccc(Cl)cc1CNc1cc(-c2nc(C(C)C)no2)ccn1. The second kappa shape index (κ2) is 7.53. The molecule has 0 bridgehead atoms. The van der Waals surface area contributed by atoms with Crippen LogP contribution in [0.3, 0.4) is 0 Å². The maximum absolute atomic E-state index is 6.06. The van der Waals surface area contributed by atoms with Crippen molar-refractivity contribution < 1.29 is 9.26 Å². The van der Waals surface area contributed by atoms with Gasteiger partial charge in [0.2, 0.25) is 0 Å². The number of hydrogen-bond donors (Lipinski definition) is 1. The van der Waals surface area contributed by atoms with Crippen molar-refractivity contribution in [3.05, 3.63) is 52.9 Å². The van der Waals surface area contributed by atoms with E-state index in [0.29, 0.717) is 29.1 Å². The van der Waals surface area contributed by atoms with E-state index in [4.69, 9.17) is 20.9 Å². The average Bonchev–Trinajstić information content (AvgIpc) is 3.11. The number of methoxy groups -OCH3 is 1. The largest absolute Gasteiger partial charge is 0.496 e. The number of aromatic nitrogens is 3. The van der Waals surface area contributed by atoms with Gasteiger partial charge in [-0.2, -0.15) is 4.98 Å². The molecule has 3 rings (SSSR count). The maximum Gasteiger partial charge on any atom is 0.258 e. The first-order chi connectivity index (χ1) is 12.1. The third-order valence-corrected chi connectivity index (χ3v) is 3.90. The van der Waals surface area contributed by atoms with E-state index in [1.54, 1.807) is 19.4 Å². The van der Waals surface area contributed by atoms with Crippen molar-refractivity contribution in [2.75, 3.05) is 12.4 Å². The molecule has 2 heterocycles. The molecule has 25 heavy (non-hydrogen) atoms. The van der Waals surface area contributed by atoms with Crippen LogP contribution in [0, 0.1) is 0 Å². The van der Waals surface area contributed by atoms with Crippen LogP contribution in [-0.4, -0.2) is 22.2 Å². The summed E-state index contributed by atoms with van der Waals surface area (Å²) >= 11 is 6.06. The first kappa shape index (κ1) is 17.2. The van der Waals surface area contributed by atoms with E-state index in [0.717, 1.165) is 16.9 Å². The number of pyridine rings is 1. The Labute approximate surface area is 151 Å². The van der Waals surface area contributed by atoms with E-state index in [2.05, 4.69) is 20.4 Å². The summed E-state index contributed by atoms with van der Waals surface area (Å²) in [6.45, 7) is 4.57. The lowest BCUT2D eigenvalue weighted by Crippen LogP contribution is -2.03. The van der Waals surface area contributed by atoms with Gasteiger partial charge in [0.1, 0.15) is 11.6 Å². The Morgan fingerprint density at radius 2 is 2.08 bits per heavy atom. The zero-order chi connectivity index (χ0) is 17.8. The summed E-state index contributed by atoms with van der Waals surface area (Å²) in [5.74, 6) is 2.85. The molecule has 6 nitrogen and oxygen atoms in total. The van der Waals surface area contributed by atoms with Crippen molar-refractivity contribution in [3.8, 4) is 17.2 Å². The van der Waals surface area contributed by atoms with Gasteiger partial charge in [-0.1, -0.05) is 30.6 Å². The maximum atomic E-state index is 6.06. The third-order valence-electron chi connectivity index (χ3n) is 3.67. The first-order valence-electron chi connectivity index (χ1n) is 7.93. The number of nitrogens with one attached hydrogen (secondary N) is 1. The van der Waals surface area contributed by atoms with E-state index in [-0.39, 0.29) is 5.92 Å². The number of rotatable bonds is 6. The molecule has 130 valence electrons. The van der Waals surface area contributed by atoms with E-state index in [1.807, 2.05) is 38.1 Å². The van der Waals surface area contributed by atoms with Crippen molar-refractivity contribution in [2.45, 2.75) is 26.3 Å². The minimum absolute atomic E-state index is 0.215. The van der Waals surface area contributed by atoms with Crippen LogP contribution in [0.4, 0.5) is 5.82 Å². The molecule has 2 aromatic heterocycles. The molecule has 0 aliphatic rings. The van der Waals surface area contributed by atoms with Gasteiger partial charge in [-0.3, -0.25) is 0 Å².